The molecule has 0 saturated carbocycles. The van der Waals surface area contributed by atoms with Crippen LogP contribution in [-0.2, 0) is 26.2 Å². The van der Waals surface area contributed by atoms with Crippen LogP contribution in [0.2, 0.25) is 10.0 Å². The zero-order valence-electron chi connectivity index (χ0n) is 22.2. The first-order chi connectivity index (χ1) is 17.4. The molecule has 0 aliphatic carbocycles. The van der Waals surface area contributed by atoms with Gasteiger partial charge in [0.25, 0.3) is 0 Å². The van der Waals surface area contributed by atoms with Gasteiger partial charge in [-0.1, -0.05) is 55.2 Å². The largest absolute Gasteiger partial charge is 0.354 e. The molecule has 0 aromatic heterocycles. The molecule has 2 rings (SSSR count). The van der Waals surface area contributed by atoms with E-state index >= 15 is 0 Å². The SMILES string of the molecule is CCCNC(=O)C(CC)N(Cc1ccc(Cl)c(Cl)c1)C(=O)CCCN(c1cc(C)ccc1C)S(C)(=O)=O. The van der Waals surface area contributed by atoms with E-state index in [1.807, 2.05) is 45.9 Å². The monoisotopic (exact) mass is 569 g/mol. The van der Waals surface area contributed by atoms with Gasteiger partial charge in [0.2, 0.25) is 21.8 Å². The van der Waals surface area contributed by atoms with Crippen LogP contribution in [0.15, 0.2) is 36.4 Å². The Balaban J connectivity index is 2.26. The normalized spacial score (nSPS) is 12.2. The lowest BCUT2D eigenvalue weighted by Crippen LogP contribution is -2.49. The van der Waals surface area contributed by atoms with Crippen LogP contribution in [0.1, 0.15) is 56.2 Å². The van der Waals surface area contributed by atoms with E-state index in [0.29, 0.717) is 35.1 Å². The predicted octanol–water partition coefficient (Wildman–Crippen LogP) is 5.49. The van der Waals surface area contributed by atoms with Gasteiger partial charge in [0.1, 0.15) is 6.04 Å². The van der Waals surface area contributed by atoms with E-state index < -0.39 is 16.1 Å². The summed E-state index contributed by atoms with van der Waals surface area (Å²) in [5.41, 5.74) is 3.13. The van der Waals surface area contributed by atoms with Crippen molar-refractivity contribution in [2.45, 2.75) is 66.0 Å². The number of carbonyl (C=O) groups excluding carboxylic acids is 2. The second-order valence-electron chi connectivity index (χ2n) is 9.21. The highest BCUT2D eigenvalue weighted by Crippen LogP contribution is 2.26. The summed E-state index contributed by atoms with van der Waals surface area (Å²) in [6.07, 6.45) is 2.75. The fourth-order valence-electron chi connectivity index (χ4n) is 4.09. The maximum absolute atomic E-state index is 13.5. The van der Waals surface area contributed by atoms with Crippen molar-refractivity contribution in [2.75, 3.05) is 23.7 Å². The van der Waals surface area contributed by atoms with E-state index in [-0.39, 0.29) is 31.3 Å². The zero-order chi connectivity index (χ0) is 27.8. The molecule has 2 aromatic carbocycles. The molecule has 2 aromatic rings. The van der Waals surface area contributed by atoms with Gasteiger partial charge in [-0.15, -0.1) is 0 Å². The van der Waals surface area contributed by atoms with Gasteiger partial charge in [0, 0.05) is 26.1 Å². The molecule has 204 valence electrons. The Kier molecular flexibility index (Phi) is 11.7. The highest BCUT2D eigenvalue weighted by atomic mass is 35.5. The Hall–Kier alpha value is -2.29. The quantitative estimate of drug-likeness (QED) is 0.345. The number of amides is 2. The fraction of sp³-hybridized carbons (Fsp3) is 0.481. The number of anilines is 1. The highest BCUT2D eigenvalue weighted by molar-refractivity contribution is 7.92. The van der Waals surface area contributed by atoms with Crippen LogP contribution >= 0.6 is 23.2 Å². The van der Waals surface area contributed by atoms with E-state index in [9.17, 15) is 18.0 Å². The Morgan fingerprint density at radius 3 is 2.32 bits per heavy atom. The Morgan fingerprint density at radius 2 is 1.73 bits per heavy atom. The van der Waals surface area contributed by atoms with Crippen LogP contribution in [-0.4, -0.2) is 50.5 Å². The number of nitrogens with one attached hydrogen (secondary N) is 1. The number of hydrogen-bond acceptors (Lipinski definition) is 4. The number of benzene rings is 2. The number of nitrogens with zero attached hydrogens (tertiary/aromatic N) is 2. The zero-order valence-corrected chi connectivity index (χ0v) is 24.5. The first kappa shape index (κ1) is 30.9. The van der Waals surface area contributed by atoms with E-state index in [1.165, 1.54) is 10.6 Å². The van der Waals surface area contributed by atoms with Crippen molar-refractivity contribution in [2.24, 2.45) is 0 Å². The second kappa shape index (κ2) is 14.0. The summed E-state index contributed by atoms with van der Waals surface area (Å²) < 4.78 is 26.6. The van der Waals surface area contributed by atoms with Crippen molar-refractivity contribution in [3.8, 4) is 0 Å². The van der Waals surface area contributed by atoms with Crippen molar-refractivity contribution < 1.29 is 18.0 Å². The second-order valence-corrected chi connectivity index (χ2v) is 11.9. The van der Waals surface area contributed by atoms with Crippen LogP contribution in [0.5, 0.6) is 0 Å². The topological polar surface area (TPSA) is 86.8 Å². The van der Waals surface area contributed by atoms with Crippen LogP contribution in [0.3, 0.4) is 0 Å². The first-order valence-electron chi connectivity index (χ1n) is 12.4. The van der Waals surface area contributed by atoms with Gasteiger partial charge in [-0.3, -0.25) is 13.9 Å². The van der Waals surface area contributed by atoms with E-state index in [2.05, 4.69) is 5.32 Å². The molecule has 0 saturated heterocycles. The van der Waals surface area contributed by atoms with Crippen molar-refractivity contribution in [3.05, 3.63) is 63.1 Å². The minimum Gasteiger partial charge on any atom is -0.354 e. The van der Waals surface area contributed by atoms with Gasteiger partial charge in [-0.05, 0) is 68.0 Å². The lowest BCUT2D eigenvalue weighted by atomic mass is 10.1. The maximum Gasteiger partial charge on any atom is 0.242 e. The Bertz CT molecular complexity index is 1200. The molecule has 0 radical (unpaired) electrons. The third-order valence-electron chi connectivity index (χ3n) is 6.06. The van der Waals surface area contributed by atoms with Crippen LogP contribution in [0, 0.1) is 13.8 Å². The Labute approximate surface area is 231 Å². The van der Waals surface area contributed by atoms with E-state index in [0.717, 1.165) is 23.1 Å². The number of halogens is 2. The molecule has 1 N–H and O–H groups in total. The summed E-state index contributed by atoms with van der Waals surface area (Å²) in [7, 11) is -3.56. The summed E-state index contributed by atoms with van der Waals surface area (Å²) >= 11 is 12.2. The molecule has 0 heterocycles. The van der Waals surface area contributed by atoms with Gasteiger partial charge < -0.3 is 10.2 Å². The minimum absolute atomic E-state index is 0.0791. The van der Waals surface area contributed by atoms with Crippen LogP contribution in [0.4, 0.5) is 5.69 Å². The van der Waals surface area contributed by atoms with Gasteiger partial charge in [0.05, 0.1) is 22.0 Å². The Morgan fingerprint density at radius 1 is 1.03 bits per heavy atom. The average molecular weight is 571 g/mol. The van der Waals surface area contributed by atoms with Crippen LogP contribution in [0.25, 0.3) is 0 Å². The van der Waals surface area contributed by atoms with Gasteiger partial charge in [-0.2, -0.15) is 0 Å². The number of rotatable bonds is 13. The summed E-state index contributed by atoms with van der Waals surface area (Å²) in [5.74, 6) is -0.454. The maximum atomic E-state index is 13.5. The molecule has 0 spiro atoms. The molecule has 0 fully saturated rings. The molecule has 0 aliphatic heterocycles. The number of hydrogen-bond donors (Lipinski definition) is 1. The smallest absolute Gasteiger partial charge is 0.242 e. The first-order valence-corrected chi connectivity index (χ1v) is 15.1. The lowest BCUT2D eigenvalue weighted by molar-refractivity contribution is -0.141. The van der Waals surface area contributed by atoms with Crippen molar-refractivity contribution >= 4 is 50.7 Å². The van der Waals surface area contributed by atoms with Gasteiger partial charge >= 0.3 is 0 Å². The third-order valence-corrected chi connectivity index (χ3v) is 7.98. The molecule has 37 heavy (non-hydrogen) atoms. The number of carbonyl (C=O) groups is 2. The van der Waals surface area contributed by atoms with E-state index in [4.69, 9.17) is 23.2 Å². The molecule has 0 bridgehead atoms. The molecular weight excluding hydrogens is 533 g/mol. The highest BCUT2D eigenvalue weighted by Gasteiger charge is 2.29. The van der Waals surface area contributed by atoms with Crippen LogP contribution < -0.4 is 9.62 Å². The average Bonchev–Trinajstić information content (AvgIpc) is 2.83. The van der Waals surface area contributed by atoms with E-state index in [1.54, 1.807) is 23.1 Å². The molecule has 10 heteroatoms. The van der Waals surface area contributed by atoms with Crippen molar-refractivity contribution in [1.82, 2.24) is 10.2 Å². The summed E-state index contributed by atoms with van der Waals surface area (Å²) in [6, 6.07) is 10.1. The summed E-state index contributed by atoms with van der Waals surface area (Å²) in [5, 5.41) is 3.66. The van der Waals surface area contributed by atoms with Gasteiger partial charge in [-0.25, -0.2) is 8.42 Å². The van der Waals surface area contributed by atoms with Crippen molar-refractivity contribution in [3.63, 3.8) is 0 Å². The molecule has 1 atom stereocenters. The molecule has 7 nitrogen and oxygen atoms in total. The van der Waals surface area contributed by atoms with Crippen molar-refractivity contribution in [1.29, 1.82) is 0 Å². The summed E-state index contributed by atoms with van der Waals surface area (Å²) in [6.45, 7) is 8.43. The molecule has 2 amide bonds. The molecule has 0 aliphatic rings. The summed E-state index contributed by atoms with van der Waals surface area (Å²) in [4.78, 5) is 28.0. The number of aryl methyl sites for hydroxylation is 2. The molecular formula is C27H37Cl2N3O4S. The fourth-order valence-corrected chi connectivity index (χ4v) is 5.43. The number of sulfonamides is 1. The van der Waals surface area contributed by atoms with Gasteiger partial charge in [0.15, 0.2) is 0 Å². The lowest BCUT2D eigenvalue weighted by Gasteiger charge is -2.31. The predicted molar refractivity (Wildman–Crippen MR) is 152 cm³/mol. The minimum atomic E-state index is -3.56. The standard InChI is InChI=1S/C27H37Cl2N3O4S/c1-6-14-30-27(34)24(7-2)31(18-21-12-13-22(28)23(29)17-21)26(33)9-8-15-32(37(5,35)36)25-16-19(3)10-11-20(25)4/h10-13,16-17,24H,6-9,14-15,18H2,1-5H3,(H,30,34). The molecule has 1 unspecified atom stereocenters. The third kappa shape index (κ3) is 8.90.